The minimum atomic E-state index is 0.271. The average molecular weight is 286 g/mol. The number of hydrogen-bond donors (Lipinski definition) is 1. The Kier molecular flexibility index (Phi) is 4.48. The molecule has 2 nitrogen and oxygen atoms in total. The van der Waals surface area contributed by atoms with Crippen LogP contribution in [0.3, 0.4) is 0 Å². The Hall–Kier alpha value is -1.19. The molecule has 0 amide bonds. The molecule has 106 valence electrons. The number of rotatable bonds is 5. The van der Waals surface area contributed by atoms with Crippen molar-refractivity contribution < 1.29 is 0 Å². The Morgan fingerprint density at radius 2 is 1.95 bits per heavy atom. The number of thiazole rings is 1. The standard InChI is InChI=1S/C17H22N2S/c18-15(10-13-6-4-5-7-13)11-17-19-16(12-20-17)14-8-2-1-3-9-14/h1-3,8-9,12-13,15H,4-7,10-11,18H2. The summed E-state index contributed by atoms with van der Waals surface area (Å²) in [7, 11) is 0. The lowest BCUT2D eigenvalue weighted by Gasteiger charge is -2.14. The van der Waals surface area contributed by atoms with E-state index in [1.54, 1.807) is 11.3 Å². The zero-order valence-corrected chi connectivity index (χ0v) is 12.6. The molecule has 0 spiro atoms. The van der Waals surface area contributed by atoms with Crippen LogP contribution in [0.4, 0.5) is 0 Å². The van der Waals surface area contributed by atoms with Gasteiger partial charge in [0.2, 0.25) is 0 Å². The lowest BCUT2D eigenvalue weighted by molar-refractivity contribution is 0.440. The molecule has 0 bridgehead atoms. The topological polar surface area (TPSA) is 38.9 Å². The SMILES string of the molecule is NC(Cc1nc(-c2ccccc2)cs1)CC1CCCC1. The molecule has 1 atom stereocenters. The van der Waals surface area contributed by atoms with Gasteiger partial charge in [0.1, 0.15) is 0 Å². The Labute approximate surface area is 125 Å². The second-order valence-corrected chi connectivity index (χ2v) is 6.79. The minimum Gasteiger partial charge on any atom is -0.327 e. The van der Waals surface area contributed by atoms with Crippen molar-refractivity contribution in [2.24, 2.45) is 11.7 Å². The molecule has 2 aromatic rings. The summed E-state index contributed by atoms with van der Waals surface area (Å²) in [6.45, 7) is 0. The maximum Gasteiger partial charge on any atom is 0.0948 e. The highest BCUT2D eigenvalue weighted by Crippen LogP contribution is 2.29. The van der Waals surface area contributed by atoms with Crippen LogP contribution in [0.5, 0.6) is 0 Å². The predicted octanol–water partition coefficient (Wildman–Crippen LogP) is 4.26. The molecule has 1 aromatic heterocycles. The molecule has 2 N–H and O–H groups in total. The van der Waals surface area contributed by atoms with Crippen molar-refractivity contribution in [1.82, 2.24) is 4.98 Å². The van der Waals surface area contributed by atoms with E-state index in [0.717, 1.165) is 18.0 Å². The van der Waals surface area contributed by atoms with E-state index in [1.165, 1.54) is 42.7 Å². The van der Waals surface area contributed by atoms with Crippen molar-refractivity contribution in [3.05, 3.63) is 40.7 Å². The fraction of sp³-hybridized carbons (Fsp3) is 0.471. The van der Waals surface area contributed by atoms with E-state index in [9.17, 15) is 0 Å². The zero-order valence-electron chi connectivity index (χ0n) is 11.8. The van der Waals surface area contributed by atoms with Gasteiger partial charge in [0, 0.05) is 23.4 Å². The Balaban J connectivity index is 1.59. The van der Waals surface area contributed by atoms with Crippen molar-refractivity contribution in [3.8, 4) is 11.3 Å². The van der Waals surface area contributed by atoms with Gasteiger partial charge in [-0.25, -0.2) is 4.98 Å². The van der Waals surface area contributed by atoms with Gasteiger partial charge in [-0.05, 0) is 12.3 Å². The van der Waals surface area contributed by atoms with Gasteiger partial charge in [-0.2, -0.15) is 0 Å². The first-order valence-electron chi connectivity index (χ1n) is 7.56. The molecular formula is C17H22N2S. The summed E-state index contributed by atoms with van der Waals surface area (Å²) in [4.78, 5) is 4.73. The summed E-state index contributed by atoms with van der Waals surface area (Å²) in [5, 5.41) is 3.32. The quantitative estimate of drug-likeness (QED) is 0.892. The molecular weight excluding hydrogens is 264 g/mol. The fourth-order valence-electron chi connectivity index (χ4n) is 3.13. The van der Waals surface area contributed by atoms with Crippen LogP contribution >= 0.6 is 11.3 Å². The summed E-state index contributed by atoms with van der Waals surface area (Å²) in [6, 6.07) is 10.6. The van der Waals surface area contributed by atoms with Gasteiger partial charge in [0.05, 0.1) is 10.7 Å². The van der Waals surface area contributed by atoms with Crippen LogP contribution in [-0.4, -0.2) is 11.0 Å². The Morgan fingerprint density at radius 3 is 2.70 bits per heavy atom. The third-order valence-electron chi connectivity index (χ3n) is 4.17. The monoisotopic (exact) mass is 286 g/mol. The minimum absolute atomic E-state index is 0.271. The molecule has 1 aromatic carbocycles. The van der Waals surface area contributed by atoms with Gasteiger partial charge in [0.15, 0.2) is 0 Å². The zero-order chi connectivity index (χ0) is 13.8. The number of benzene rings is 1. The molecule has 1 aliphatic carbocycles. The van der Waals surface area contributed by atoms with E-state index in [4.69, 9.17) is 10.7 Å². The van der Waals surface area contributed by atoms with Crippen LogP contribution in [0.2, 0.25) is 0 Å². The van der Waals surface area contributed by atoms with E-state index in [2.05, 4.69) is 29.6 Å². The van der Waals surface area contributed by atoms with Crippen molar-refractivity contribution in [1.29, 1.82) is 0 Å². The van der Waals surface area contributed by atoms with E-state index < -0.39 is 0 Å². The van der Waals surface area contributed by atoms with Crippen molar-refractivity contribution in [2.45, 2.75) is 44.6 Å². The fourth-order valence-corrected chi connectivity index (χ4v) is 4.03. The highest BCUT2D eigenvalue weighted by molar-refractivity contribution is 7.09. The first kappa shape index (κ1) is 13.8. The summed E-state index contributed by atoms with van der Waals surface area (Å²) in [5.41, 5.74) is 8.58. The third-order valence-corrected chi connectivity index (χ3v) is 5.04. The number of nitrogens with two attached hydrogens (primary N) is 1. The molecule has 1 aliphatic rings. The van der Waals surface area contributed by atoms with Crippen LogP contribution in [-0.2, 0) is 6.42 Å². The maximum absolute atomic E-state index is 6.30. The maximum atomic E-state index is 6.30. The molecule has 1 fully saturated rings. The average Bonchev–Trinajstić information content (AvgIpc) is 3.11. The lowest BCUT2D eigenvalue weighted by atomic mass is 9.97. The molecule has 1 saturated carbocycles. The van der Waals surface area contributed by atoms with Crippen molar-refractivity contribution in [2.75, 3.05) is 0 Å². The molecule has 1 unspecified atom stereocenters. The molecule has 3 rings (SSSR count). The van der Waals surface area contributed by atoms with Gasteiger partial charge in [0.25, 0.3) is 0 Å². The second kappa shape index (κ2) is 6.51. The van der Waals surface area contributed by atoms with Gasteiger partial charge in [-0.3, -0.25) is 0 Å². The first-order valence-corrected chi connectivity index (χ1v) is 8.44. The molecule has 3 heteroatoms. The highest BCUT2D eigenvalue weighted by Gasteiger charge is 2.19. The molecule has 0 radical (unpaired) electrons. The molecule has 0 aliphatic heterocycles. The first-order chi connectivity index (χ1) is 9.81. The molecule has 1 heterocycles. The van der Waals surface area contributed by atoms with Gasteiger partial charge in [-0.1, -0.05) is 56.0 Å². The third kappa shape index (κ3) is 3.47. The molecule has 0 saturated heterocycles. The van der Waals surface area contributed by atoms with Crippen LogP contribution in [0.25, 0.3) is 11.3 Å². The Bertz CT molecular complexity index is 529. The predicted molar refractivity (Wildman–Crippen MR) is 85.8 cm³/mol. The van der Waals surface area contributed by atoms with E-state index in [0.29, 0.717) is 0 Å². The van der Waals surface area contributed by atoms with Gasteiger partial charge < -0.3 is 5.73 Å². The number of nitrogens with zero attached hydrogens (tertiary/aromatic N) is 1. The number of aromatic nitrogens is 1. The van der Waals surface area contributed by atoms with Crippen molar-refractivity contribution >= 4 is 11.3 Å². The largest absolute Gasteiger partial charge is 0.327 e. The van der Waals surface area contributed by atoms with Crippen LogP contribution < -0.4 is 5.73 Å². The lowest BCUT2D eigenvalue weighted by Crippen LogP contribution is -2.25. The van der Waals surface area contributed by atoms with Crippen LogP contribution in [0.15, 0.2) is 35.7 Å². The van der Waals surface area contributed by atoms with E-state index in [1.807, 2.05) is 6.07 Å². The molecule has 20 heavy (non-hydrogen) atoms. The Morgan fingerprint density at radius 1 is 1.20 bits per heavy atom. The second-order valence-electron chi connectivity index (χ2n) is 5.84. The van der Waals surface area contributed by atoms with Gasteiger partial charge in [-0.15, -0.1) is 11.3 Å². The smallest absolute Gasteiger partial charge is 0.0948 e. The van der Waals surface area contributed by atoms with Crippen molar-refractivity contribution in [3.63, 3.8) is 0 Å². The number of hydrogen-bond acceptors (Lipinski definition) is 3. The van der Waals surface area contributed by atoms with Crippen LogP contribution in [0.1, 0.15) is 37.1 Å². The summed E-state index contributed by atoms with van der Waals surface area (Å²) in [6.07, 6.45) is 7.63. The van der Waals surface area contributed by atoms with E-state index >= 15 is 0 Å². The van der Waals surface area contributed by atoms with E-state index in [-0.39, 0.29) is 6.04 Å². The normalized spacial score (nSPS) is 17.4. The summed E-state index contributed by atoms with van der Waals surface area (Å²) >= 11 is 1.74. The van der Waals surface area contributed by atoms with Crippen LogP contribution in [0, 0.1) is 5.92 Å². The van der Waals surface area contributed by atoms with Gasteiger partial charge >= 0.3 is 0 Å². The summed E-state index contributed by atoms with van der Waals surface area (Å²) < 4.78 is 0. The highest BCUT2D eigenvalue weighted by atomic mass is 32.1. The summed E-state index contributed by atoms with van der Waals surface area (Å²) in [5.74, 6) is 0.860.